The summed E-state index contributed by atoms with van der Waals surface area (Å²) in [5, 5.41) is 0. The van der Waals surface area contributed by atoms with Gasteiger partial charge in [0, 0.05) is 30.1 Å². The molecule has 2 aromatic rings. The number of nitrogens with zero attached hydrogens (tertiary/aromatic N) is 2. The zero-order chi connectivity index (χ0) is 12.3. The van der Waals surface area contributed by atoms with Gasteiger partial charge in [0.2, 0.25) is 0 Å². The molecule has 86 valence electrons. The molecule has 0 spiro atoms. The molecule has 0 radical (unpaired) electrons. The summed E-state index contributed by atoms with van der Waals surface area (Å²) in [7, 11) is 0. The van der Waals surface area contributed by atoms with Crippen molar-refractivity contribution < 1.29 is 4.79 Å². The number of carbonyl (C=O) groups is 1. The molecule has 0 aliphatic heterocycles. The number of pyridine rings is 2. The largest absolute Gasteiger partial charge is 0.292 e. The van der Waals surface area contributed by atoms with Crippen LogP contribution >= 0.6 is 0 Å². The van der Waals surface area contributed by atoms with Crippen LogP contribution in [0.5, 0.6) is 0 Å². The summed E-state index contributed by atoms with van der Waals surface area (Å²) in [6.45, 7) is 3.78. The lowest BCUT2D eigenvalue weighted by Gasteiger charge is -2.03. The molecule has 2 aromatic heterocycles. The molecular weight excluding hydrogens is 212 g/mol. The second-order valence-electron chi connectivity index (χ2n) is 3.89. The monoisotopic (exact) mass is 226 g/mol. The van der Waals surface area contributed by atoms with Gasteiger partial charge >= 0.3 is 0 Å². The van der Waals surface area contributed by atoms with Crippen molar-refractivity contribution in [2.24, 2.45) is 0 Å². The molecule has 0 N–H and O–H groups in total. The lowest BCUT2D eigenvalue weighted by Crippen LogP contribution is -1.99. The summed E-state index contributed by atoms with van der Waals surface area (Å²) >= 11 is 0. The van der Waals surface area contributed by atoms with Gasteiger partial charge in [0.05, 0.1) is 0 Å². The third-order valence-electron chi connectivity index (χ3n) is 2.61. The predicted octanol–water partition coefficient (Wildman–Crippen LogP) is 3.04. The fourth-order valence-corrected chi connectivity index (χ4v) is 1.58. The maximum Gasteiger partial charge on any atom is 0.180 e. The Hall–Kier alpha value is -2.03. The molecule has 0 saturated heterocycles. The molecule has 3 nitrogen and oxygen atoms in total. The molecule has 0 amide bonds. The minimum atomic E-state index is 0.0620. The van der Waals surface area contributed by atoms with Crippen LogP contribution in [0.4, 0.5) is 0 Å². The number of rotatable bonds is 3. The van der Waals surface area contributed by atoms with Crippen LogP contribution in [-0.2, 0) is 0 Å². The quantitative estimate of drug-likeness (QED) is 0.755. The van der Waals surface area contributed by atoms with Crippen LogP contribution in [0.2, 0.25) is 0 Å². The van der Waals surface area contributed by atoms with E-state index in [2.05, 4.69) is 9.97 Å². The van der Waals surface area contributed by atoms with Crippen LogP contribution in [0.25, 0.3) is 11.1 Å². The minimum Gasteiger partial charge on any atom is -0.292 e. The Balaban J connectivity index is 2.39. The Kier molecular flexibility index (Phi) is 3.28. The number of ketones is 1. The summed E-state index contributed by atoms with van der Waals surface area (Å²) in [6.07, 6.45) is 3.95. The molecule has 0 aromatic carbocycles. The third kappa shape index (κ3) is 2.56. The molecule has 0 saturated carbocycles. The standard InChI is InChI=1S/C14H14N2O/c1-3-14(17)13-8-11(6-7-15-13)12-5-4-10(2)16-9-12/h4-9H,3H2,1-2H3. The fourth-order valence-electron chi connectivity index (χ4n) is 1.58. The Bertz CT molecular complexity index is 532. The number of carbonyl (C=O) groups excluding carboxylic acids is 1. The molecular formula is C14H14N2O. The highest BCUT2D eigenvalue weighted by Crippen LogP contribution is 2.19. The third-order valence-corrected chi connectivity index (χ3v) is 2.61. The zero-order valence-electron chi connectivity index (χ0n) is 9.97. The van der Waals surface area contributed by atoms with Crippen molar-refractivity contribution in [3.63, 3.8) is 0 Å². The van der Waals surface area contributed by atoms with E-state index in [0.29, 0.717) is 12.1 Å². The topological polar surface area (TPSA) is 42.9 Å². The van der Waals surface area contributed by atoms with E-state index in [1.165, 1.54) is 0 Å². The highest BCUT2D eigenvalue weighted by Gasteiger charge is 2.06. The number of aromatic nitrogens is 2. The zero-order valence-corrected chi connectivity index (χ0v) is 9.97. The van der Waals surface area contributed by atoms with Gasteiger partial charge in [-0.25, -0.2) is 0 Å². The van der Waals surface area contributed by atoms with Crippen molar-refractivity contribution in [1.29, 1.82) is 0 Å². The molecule has 0 aliphatic rings. The van der Waals surface area contributed by atoms with Gasteiger partial charge in [-0.15, -0.1) is 0 Å². The van der Waals surface area contributed by atoms with Crippen molar-refractivity contribution in [2.45, 2.75) is 20.3 Å². The predicted molar refractivity (Wildman–Crippen MR) is 66.8 cm³/mol. The van der Waals surface area contributed by atoms with Gasteiger partial charge in [-0.1, -0.05) is 13.0 Å². The SMILES string of the molecule is CCC(=O)c1cc(-c2ccc(C)nc2)ccn1. The van der Waals surface area contributed by atoms with Gasteiger partial charge in [0.15, 0.2) is 5.78 Å². The van der Waals surface area contributed by atoms with E-state index < -0.39 is 0 Å². The number of hydrogen-bond donors (Lipinski definition) is 0. The van der Waals surface area contributed by atoms with Gasteiger partial charge in [-0.2, -0.15) is 0 Å². The summed E-state index contributed by atoms with van der Waals surface area (Å²) in [6, 6.07) is 7.66. The average Bonchev–Trinajstić information content (AvgIpc) is 2.39. The molecule has 2 rings (SSSR count). The second kappa shape index (κ2) is 4.87. The highest BCUT2D eigenvalue weighted by atomic mass is 16.1. The van der Waals surface area contributed by atoms with Gasteiger partial charge in [0.1, 0.15) is 5.69 Å². The van der Waals surface area contributed by atoms with Crippen molar-refractivity contribution in [3.05, 3.63) is 48.0 Å². The second-order valence-corrected chi connectivity index (χ2v) is 3.89. The Morgan fingerprint density at radius 1 is 1.18 bits per heavy atom. The summed E-state index contributed by atoms with van der Waals surface area (Å²) in [5.41, 5.74) is 3.48. The summed E-state index contributed by atoms with van der Waals surface area (Å²) in [4.78, 5) is 19.9. The van der Waals surface area contributed by atoms with Gasteiger partial charge < -0.3 is 0 Å². The molecule has 0 bridgehead atoms. The van der Waals surface area contributed by atoms with Crippen LogP contribution in [0, 0.1) is 6.92 Å². The molecule has 0 fully saturated rings. The Morgan fingerprint density at radius 3 is 2.65 bits per heavy atom. The van der Waals surface area contributed by atoms with Gasteiger partial charge in [-0.3, -0.25) is 14.8 Å². The molecule has 0 aliphatic carbocycles. The highest BCUT2D eigenvalue weighted by molar-refractivity contribution is 5.95. The Labute approximate surface area is 101 Å². The van der Waals surface area contributed by atoms with E-state index in [-0.39, 0.29) is 5.78 Å². The molecule has 0 atom stereocenters. The van der Waals surface area contributed by atoms with E-state index in [1.807, 2.05) is 44.3 Å². The normalized spacial score (nSPS) is 10.2. The van der Waals surface area contributed by atoms with Crippen LogP contribution in [0.1, 0.15) is 29.5 Å². The molecule has 3 heteroatoms. The van der Waals surface area contributed by atoms with E-state index in [0.717, 1.165) is 16.8 Å². The Morgan fingerprint density at radius 2 is 2.00 bits per heavy atom. The van der Waals surface area contributed by atoms with Crippen LogP contribution in [0.3, 0.4) is 0 Å². The first-order valence-electron chi connectivity index (χ1n) is 5.63. The summed E-state index contributed by atoms with van der Waals surface area (Å²) in [5.74, 6) is 0.0620. The van der Waals surface area contributed by atoms with Crippen molar-refractivity contribution >= 4 is 5.78 Å². The molecule has 17 heavy (non-hydrogen) atoms. The van der Waals surface area contributed by atoms with E-state index in [9.17, 15) is 4.79 Å². The van der Waals surface area contributed by atoms with Crippen LogP contribution in [-0.4, -0.2) is 15.8 Å². The lowest BCUT2D eigenvalue weighted by molar-refractivity contribution is 0.0983. The average molecular weight is 226 g/mol. The number of aryl methyl sites for hydroxylation is 1. The van der Waals surface area contributed by atoms with Crippen molar-refractivity contribution in [3.8, 4) is 11.1 Å². The first-order chi connectivity index (χ1) is 8.20. The van der Waals surface area contributed by atoms with Crippen molar-refractivity contribution in [1.82, 2.24) is 9.97 Å². The van der Waals surface area contributed by atoms with Crippen LogP contribution in [0.15, 0.2) is 36.7 Å². The van der Waals surface area contributed by atoms with Gasteiger partial charge in [-0.05, 0) is 30.7 Å². The van der Waals surface area contributed by atoms with E-state index in [1.54, 1.807) is 6.20 Å². The maximum atomic E-state index is 11.6. The maximum absolute atomic E-state index is 11.6. The number of Topliss-reactive ketones (excluding diaryl/α,β-unsaturated/α-hetero) is 1. The first-order valence-corrected chi connectivity index (χ1v) is 5.63. The molecule has 0 unspecified atom stereocenters. The van der Waals surface area contributed by atoms with E-state index >= 15 is 0 Å². The fraction of sp³-hybridized carbons (Fsp3) is 0.214. The molecule has 2 heterocycles. The minimum absolute atomic E-state index is 0.0620. The van der Waals surface area contributed by atoms with Gasteiger partial charge in [0.25, 0.3) is 0 Å². The first kappa shape index (κ1) is 11.5. The smallest absolute Gasteiger partial charge is 0.180 e. The van der Waals surface area contributed by atoms with E-state index in [4.69, 9.17) is 0 Å². The number of hydrogen-bond acceptors (Lipinski definition) is 3. The van der Waals surface area contributed by atoms with Crippen LogP contribution < -0.4 is 0 Å². The summed E-state index contributed by atoms with van der Waals surface area (Å²) < 4.78 is 0. The van der Waals surface area contributed by atoms with Crippen molar-refractivity contribution in [2.75, 3.05) is 0 Å². The lowest BCUT2D eigenvalue weighted by atomic mass is 10.1.